The number of ether oxygens (including phenoxy) is 2. The molecule has 0 N–H and O–H groups in total. The highest BCUT2D eigenvalue weighted by Gasteiger charge is 2.38. The predicted molar refractivity (Wildman–Crippen MR) is 119 cm³/mol. The molecule has 0 radical (unpaired) electrons. The Labute approximate surface area is 187 Å². The number of carbonyl (C=O) groups is 1. The summed E-state index contributed by atoms with van der Waals surface area (Å²) in [6.45, 7) is 5.63. The number of aromatic nitrogens is 5. The van der Waals surface area contributed by atoms with E-state index in [-0.39, 0.29) is 18.2 Å². The van der Waals surface area contributed by atoms with Gasteiger partial charge in [-0.15, -0.1) is 0 Å². The van der Waals surface area contributed by atoms with Crippen LogP contribution in [-0.4, -0.2) is 60.2 Å². The Morgan fingerprint density at radius 3 is 2.53 bits per heavy atom. The molecule has 9 heteroatoms. The number of fused-ring (bicyclic) bond motifs is 1. The third kappa shape index (κ3) is 4.03. The summed E-state index contributed by atoms with van der Waals surface area (Å²) in [6.07, 6.45) is 11.1. The second-order valence-electron chi connectivity index (χ2n) is 9.96. The second kappa shape index (κ2) is 7.50. The molecular weight excluding hydrogens is 408 g/mol. The molecule has 0 atom stereocenters. The molecule has 3 heterocycles. The highest BCUT2D eigenvalue weighted by atomic mass is 16.6. The van der Waals surface area contributed by atoms with Gasteiger partial charge in [0.15, 0.2) is 0 Å². The minimum absolute atomic E-state index is 0.00714. The van der Waals surface area contributed by atoms with E-state index < -0.39 is 5.60 Å². The fourth-order valence-corrected chi connectivity index (χ4v) is 4.06. The van der Waals surface area contributed by atoms with Gasteiger partial charge in [-0.25, -0.2) is 14.3 Å². The van der Waals surface area contributed by atoms with Gasteiger partial charge in [-0.1, -0.05) is 0 Å². The monoisotopic (exact) mass is 438 g/mol. The molecule has 0 aromatic carbocycles. The summed E-state index contributed by atoms with van der Waals surface area (Å²) in [7, 11) is 3.67. The van der Waals surface area contributed by atoms with Crippen LogP contribution >= 0.6 is 0 Å². The van der Waals surface area contributed by atoms with E-state index in [4.69, 9.17) is 14.5 Å². The minimum Gasteiger partial charge on any atom is -0.473 e. The van der Waals surface area contributed by atoms with Gasteiger partial charge in [0.1, 0.15) is 17.2 Å². The van der Waals surface area contributed by atoms with Gasteiger partial charge in [-0.3, -0.25) is 4.68 Å². The molecule has 170 valence electrons. The number of amides is 1. The van der Waals surface area contributed by atoms with Crippen LogP contribution in [0.15, 0.2) is 24.8 Å². The zero-order chi connectivity index (χ0) is 22.6. The molecule has 3 aromatic heterocycles. The van der Waals surface area contributed by atoms with E-state index in [1.807, 2.05) is 50.9 Å². The van der Waals surface area contributed by atoms with Crippen molar-refractivity contribution >= 4 is 11.6 Å². The Hall–Kier alpha value is -3.10. The number of hydrogen-bond acceptors (Lipinski definition) is 6. The van der Waals surface area contributed by atoms with Crippen molar-refractivity contribution < 1.29 is 14.3 Å². The van der Waals surface area contributed by atoms with Gasteiger partial charge in [0.2, 0.25) is 5.88 Å². The van der Waals surface area contributed by atoms with E-state index in [1.165, 1.54) is 18.4 Å². The first kappa shape index (κ1) is 20.8. The molecule has 1 amide bonds. The van der Waals surface area contributed by atoms with E-state index in [0.29, 0.717) is 11.8 Å². The lowest BCUT2D eigenvalue weighted by atomic mass is 9.88. The van der Waals surface area contributed by atoms with Crippen molar-refractivity contribution in [3.05, 3.63) is 30.4 Å². The van der Waals surface area contributed by atoms with Gasteiger partial charge in [0, 0.05) is 50.3 Å². The summed E-state index contributed by atoms with van der Waals surface area (Å²) in [4.78, 5) is 18.9. The molecule has 2 saturated carbocycles. The lowest BCUT2D eigenvalue weighted by Crippen LogP contribution is -2.51. The standard InChI is InChI=1S/C23H30N6O3/c1-23(2,3)32-22(30)28(5)16-8-17(9-16)31-21-20-18(14-6-7-14)11-25-29(20)13-19(26-21)15-10-24-27(4)12-15/h10-14,16-17H,6-9H2,1-5H3. The highest BCUT2D eigenvalue weighted by Crippen LogP contribution is 2.44. The van der Waals surface area contributed by atoms with Gasteiger partial charge in [-0.2, -0.15) is 10.2 Å². The first-order valence-corrected chi connectivity index (χ1v) is 11.2. The molecule has 2 aliphatic rings. The van der Waals surface area contributed by atoms with Crippen LogP contribution in [0.1, 0.15) is 57.9 Å². The van der Waals surface area contributed by atoms with E-state index in [1.54, 1.807) is 22.8 Å². The van der Waals surface area contributed by atoms with E-state index in [2.05, 4.69) is 10.2 Å². The molecular formula is C23H30N6O3. The maximum atomic E-state index is 12.4. The third-order valence-corrected chi connectivity index (χ3v) is 6.09. The van der Waals surface area contributed by atoms with E-state index >= 15 is 0 Å². The minimum atomic E-state index is -0.505. The number of rotatable bonds is 5. The van der Waals surface area contributed by atoms with Crippen LogP contribution < -0.4 is 4.74 Å². The van der Waals surface area contributed by atoms with Crippen molar-refractivity contribution in [3.8, 4) is 17.1 Å². The number of nitrogens with zero attached hydrogens (tertiary/aromatic N) is 6. The zero-order valence-electron chi connectivity index (χ0n) is 19.3. The average molecular weight is 439 g/mol. The first-order valence-electron chi connectivity index (χ1n) is 11.2. The van der Waals surface area contributed by atoms with Crippen LogP contribution in [0.4, 0.5) is 4.79 Å². The summed E-state index contributed by atoms with van der Waals surface area (Å²) in [5.74, 6) is 1.14. The van der Waals surface area contributed by atoms with Crippen molar-refractivity contribution in [2.45, 2.75) is 70.1 Å². The van der Waals surface area contributed by atoms with Crippen molar-refractivity contribution in [2.24, 2.45) is 7.05 Å². The molecule has 32 heavy (non-hydrogen) atoms. The predicted octanol–water partition coefficient (Wildman–Crippen LogP) is 3.78. The van der Waals surface area contributed by atoms with E-state index in [9.17, 15) is 4.79 Å². The normalized spacial score (nSPS) is 20.8. The van der Waals surface area contributed by atoms with Crippen LogP contribution in [0.3, 0.4) is 0 Å². The molecule has 0 spiro atoms. The summed E-state index contributed by atoms with van der Waals surface area (Å²) in [6, 6.07) is 0.0974. The Morgan fingerprint density at radius 1 is 1.16 bits per heavy atom. The van der Waals surface area contributed by atoms with Gasteiger partial charge in [-0.05, 0) is 39.5 Å². The fraction of sp³-hybridized carbons (Fsp3) is 0.565. The summed E-state index contributed by atoms with van der Waals surface area (Å²) in [5, 5.41) is 8.85. The van der Waals surface area contributed by atoms with Crippen LogP contribution in [0.2, 0.25) is 0 Å². The summed E-state index contributed by atoms with van der Waals surface area (Å²) >= 11 is 0. The van der Waals surface area contributed by atoms with Gasteiger partial charge in [0.05, 0.1) is 24.3 Å². The molecule has 0 unspecified atom stereocenters. The summed E-state index contributed by atoms with van der Waals surface area (Å²) < 4.78 is 15.5. The van der Waals surface area contributed by atoms with Crippen LogP contribution in [0.25, 0.3) is 16.8 Å². The molecule has 5 rings (SSSR count). The molecule has 9 nitrogen and oxygen atoms in total. The van der Waals surface area contributed by atoms with Gasteiger partial charge < -0.3 is 14.4 Å². The summed E-state index contributed by atoms with van der Waals surface area (Å²) in [5.41, 5.74) is 3.33. The quantitative estimate of drug-likeness (QED) is 0.602. The van der Waals surface area contributed by atoms with Gasteiger partial charge in [0.25, 0.3) is 0 Å². The van der Waals surface area contributed by atoms with Crippen molar-refractivity contribution in [1.29, 1.82) is 0 Å². The smallest absolute Gasteiger partial charge is 0.410 e. The molecule has 0 aliphatic heterocycles. The molecule has 0 saturated heterocycles. The lowest BCUT2D eigenvalue weighted by molar-refractivity contribution is -0.00937. The molecule has 0 bridgehead atoms. The van der Waals surface area contributed by atoms with Crippen LogP contribution in [0, 0.1) is 0 Å². The molecule has 3 aromatic rings. The first-order chi connectivity index (χ1) is 15.2. The largest absolute Gasteiger partial charge is 0.473 e. The molecule has 2 fully saturated rings. The van der Waals surface area contributed by atoms with Gasteiger partial charge >= 0.3 is 6.09 Å². The van der Waals surface area contributed by atoms with Crippen molar-refractivity contribution in [3.63, 3.8) is 0 Å². The number of hydrogen-bond donors (Lipinski definition) is 0. The average Bonchev–Trinajstić information content (AvgIpc) is 3.28. The Morgan fingerprint density at radius 2 is 1.91 bits per heavy atom. The van der Waals surface area contributed by atoms with Crippen molar-refractivity contribution in [2.75, 3.05) is 7.05 Å². The number of aryl methyl sites for hydroxylation is 1. The Balaban J connectivity index is 1.36. The fourth-order valence-electron chi connectivity index (χ4n) is 4.06. The van der Waals surface area contributed by atoms with Crippen molar-refractivity contribution in [1.82, 2.24) is 29.3 Å². The van der Waals surface area contributed by atoms with E-state index in [0.717, 1.165) is 29.6 Å². The maximum Gasteiger partial charge on any atom is 0.410 e. The van der Waals surface area contributed by atoms with Crippen LogP contribution in [-0.2, 0) is 11.8 Å². The zero-order valence-corrected chi connectivity index (χ0v) is 19.3. The lowest BCUT2D eigenvalue weighted by Gasteiger charge is -2.40. The third-order valence-electron chi connectivity index (χ3n) is 6.09. The SMILES string of the molecule is CN(C(=O)OC(C)(C)C)C1CC(Oc2nc(-c3cnn(C)c3)cn3ncc(C4CC4)c23)C1. The maximum absolute atomic E-state index is 12.4. The topological polar surface area (TPSA) is 86.8 Å². The molecule has 2 aliphatic carbocycles. The highest BCUT2D eigenvalue weighted by molar-refractivity contribution is 5.69. The number of carbonyl (C=O) groups excluding carboxylic acids is 1. The Bertz CT molecular complexity index is 1150. The van der Waals surface area contributed by atoms with Crippen LogP contribution in [0.5, 0.6) is 5.88 Å². The Kier molecular flexibility index (Phi) is 4.87. The second-order valence-corrected chi connectivity index (χ2v) is 9.96.